The summed E-state index contributed by atoms with van der Waals surface area (Å²) in [6.45, 7) is 0. The predicted molar refractivity (Wildman–Crippen MR) is 37.9 cm³/mol. The molecule has 1 aromatic carbocycles. The molecule has 1 radical (unpaired) electrons. The number of para-hydroxylation sites is 1. The number of hydrogen-bond donors (Lipinski definition) is 1. The minimum atomic E-state index is -0.978. The molecule has 0 aliphatic heterocycles. The first kappa shape index (κ1) is 7.60. The minimum Gasteiger partial charge on any atom is -0.481 e. The van der Waals surface area contributed by atoms with Gasteiger partial charge in [0.1, 0.15) is 0 Å². The zero-order chi connectivity index (χ0) is 8.27. The fourth-order valence-corrected chi connectivity index (χ4v) is 0.813. The van der Waals surface area contributed by atoms with E-state index in [-0.39, 0.29) is 12.2 Å². The summed E-state index contributed by atoms with van der Waals surface area (Å²) < 4.78 is 0. The predicted octanol–water partition coefficient (Wildman–Crippen LogP) is 1.46. The van der Waals surface area contributed by atoms with Gasteiger partial charge in [-0.25, -0.2) is 0 Å². The van der Waals surface area contributed by atoms with Crippen LogP contribution in [0, 0.1) is 0 Å². The van der Waals surface area contributed by atoms with Crippen molar-refractivity contribution in [2.75, 3.05) is 0 Å². The smallest absolute Gasteiger partial charge is 0.307 e. The molecule has 0 saturated carbocycles. The Morgan fingerprint density at radius 1 is 1.36 bits per heavy atom. The molecule has 0 saturated heterocycles. The fourth-order valence-electron chi connectivity index (χ4n) is 0.813. The molecule has 0 atom stereocenters. The van der Waals surface area contributed by atoms with E-state index in [1.54, 1.807) is 12.1 Å². The van der Waals surface area contributed by atoms with E-state index in [2.05, 4.69) is 0 Å². The Bertz CT molecular complexity index is 268. The second-order valence-corrected chi connectivity index (χ2v) is 2.18. The molecule has 1 aromatic rings. The molecule has 0 aliphatic carbocycles. The van der Waals surface area contributed by atoms with Crippen molar-refractivity contribution < 1.29 is 15.0 Å². The van der Waals surface area contributed by atoms with Crippen molar-refractivity contribution in [1.82, 2.24) is 0 Å². The SMILES string of the molecule is [O]c1ccccc1CC(=O)O. The fraction of sp³-hybridized carbons (Fsp3) is 0.125. The third kappa shape index (κ3) is 1.97. The molecule has 3 heteroatoms. The zero-order valence-corrected chi connectivity index (χ0v) is 5.78. The standard InChI is InChI=1S/C8H7O3/c9-7-4-2-1-3-6(7)5-8(10)11/h1-4H,5H2,(H,10,11). The summed E-state index contributed by atoms with van der Waals surface area (Å²) in [7, 11) is 0. The van der Waals surface area contributed by atoms with Gasteiger partial charge < -0.3 is 5.11 Å². The molecule has 0 heterocycles. The number of carbonyl (C=O) groups is 1. The molecule has 3 nitrogen and oxygen atoms in total. The number of aliphatic carboxylic acids is 1. The zero-order valence-electron chi connectivity index (χ0n) is 5.78. The second-order valence-electron chi connectivity index (χ2n) is 2.18. The van der Waals surface area contributed by atoms with Crippen LogP contribution in [0.5, 0.6) is 5.75 Å². The molecule has 11 heavy (non-hydrogen) atoms. The lowest BCUT2D eigenvalue weighted by molar-refractivity contribution is -0.136. The first-order valence-corrected chi connectivity index (χ1v) is 3.17. The topological polar surface area (TPSA) is 57.2 Å². The molecular formula is C8H7O3. The van der Waals surface area contributed by atoms with Crippen molar-refractivity contribution in [3.8, 4) is 5.75 Å². The Balaban J connectivity index is 2.86. The van der Waals surface area contributed by atoms with E-state index in [4.69, 9.17) is 5.11 Å². The van der Waals surface area contributed by atoms with Crippen molar-refractivity contribution in [1.29, 1.82) is 0 Å². The Morgan fingerprint density at radius 2 is 2.00 bits per heavy atom. The van der Waals surface area contributed by atoms with Gasteiger partial charge in [-0.15, -0.1) is 0 Å². The molecule has 1 rings (SSSR count). The van der Waals surface area contributed by atoms with Crippen LogP contribution < -0.4 is 0 Å². The van der Waals surface area contributed by atoms with Crippen LogP contribution in [0.4, 0.5) is 0 Å². The van der Waals surface area contributed by atoms with Gasteiger partial charge in [-0.2, -0.15) is 0 Å². The summed E-state index contributed by atoms with van der Waals surface area (Å²) in [5.41, 5.74) is 0.333. The molecule has 0 aromatic heterocycles. The van der Waals surface area contributed by atoms with Crippen LogP contribution in [-0.4, -0.2) is 11.1 Å². The van der Waals surface area contributed by atoms with Gasteiger partial charge >= 0.3 is 5.97 Å². The quantitative estimate of drug-likeness (QED) is 0.695. The number of carboxylic acid groups (broad SMARTS) is 1. The largest absolute Gasteiger partial charge is 0.481 e. The highest BCUT2D eigenvalue weighted by molar-refractivity contribution is 5.71. The highest BCUT2D eigenvalue weighted by Gasteiger charge is 2.04. The maximum absolute atomic E-state index is 10.9. The van der Waals surface area contributed by atoms with Crippen LogP contribution in [0.15, 0.2) is 24.3 Å². The van der Waals surface area contributed by atoms with Gasteiger partial charge in [-0.05, 0) is 6.07 Å². The monoisotopic (exact) mass is 151 g/mol. The van der Waals surface area contributed by atoms with E-state index in [0.29, 0.717) is 5.56 Å². The molecule has 0 fully saturated rings. The first-order chi connectivity index (χ1) is 5.20. The third-order valence-electron chi connectivity index (χ3n) is 1.31. The Morgan fingerprint density at radius 3 is 2.55 bits per heavy atom. The normalized spacial score (nSPS) is 9.45. The van der Waals surface area contributed by atoms with Crippen LogP contribution in [0.2, 0.25) is 0 Å². The number of rotatable bonds is 2. The van der Waals surface area contributed by atoms with Crippen LogP contribution >= 0.6 is 0 Å². The summed E-state index contributed by atoms with van der Waals surface area (Å²) >= 11 is 0. The molecule has 57 valence electrons. The van der Waals surface area contributed by atoms with Crippen LogP contribution in [0.1, 0.15) is 5.56 Å². The summed E-state index contributed by atoms with van der Waals surface area (Å²) in [6, 6.07) is 6.13. The number of carboxylic acids is 1. The molecule has 0 bridgehead atoms. The van der Waals surface area contributed by atoms with E-state index in [1.807, 2.05) is 0 Å². The molecule has 0 spiro atoms. The summed E-state index contributed by atoms with van der Waals surface area (Å²) in [5.74, 6) is -1.19. The average Bonchev–Trinajstić information content (AvgIpc) is 1.93. The van der Waals surface area contributed by atoms with E-state index in [1.165, 1.54) is 12.1 Å². The van der Waals surface area contributed by atoms with Crippen molar-refractivity contribution in [3.05, 3.63) is 29.8 Å². The Kier molecular flexibility index (Phi) is 2.11. The third-order valence-corrected chi connectivity index (χ3v) is 1.31. The van der Waals surface area contributed by atoms with Crippen molar-refractivity contribution in [2.45, 2.75) is 6.42 Å². The van der Waals surface area contributed by atoms with E-state index < -0.39 is 5.97 Å². The summed E-state index contributed by atoms with van der Waals surface area (Å²) in [6.07, 6.45) is -0.195. The summed E-state index contributed by atoms with van der Waals surface area (Å²) in [4.78, 5) is 10.2. The lowest BCUT2D eigenvalue weighted by Crippen LogP contribution is -1.99. The van der Waals surface area contributed by atoms with E-state index in [0.717, 1.165) is 0 Å². The van der Waals surface area contributed by atoms with Crippen molar-refractivity contribution in [3.63, 3.8) is 0 Å². The lowest BCUT2D eigenvalue weighted by atomic mass is 10.1. The minimum absolute atomic E-state index is 0.195. The molecule has 0 aliphatic rings. The Hall–Kier alpha value is -1.51. The van der Waals surface area contributed by atoms with Gasteiger partial charge in [0.15, 0.2) is 5.75 Å². The van der Waals surface area contributed by atoms with Crippen LogP contribution in [0.25, 0.3) is 0 Å². The molecule has 0 unspecified atom stereocenters. The highest BCUT2D eigenvalue weighted by Crippen LogP contribution is 2.16. The van der Waals surface area contributed by atoms with Gasteiger partial charge in [0.25, 0.3) is 0 Å². The highest BCUT2D eigenvalue weighted by atomic mass is 16.4. The second kappa shape index (κ2) is 3.05. The molecular weight excluding hydrogens is 144 g/mol. The maximum Gasteiger partial charge on any atom is 0.307 e. The van der Waals surface area contributed by atoms with Gasteiger partial charge in [0.2, 0.25) is 0 Å². The number of benzene rings is 1. The van der Waals surface area contributed by atoms with E-state index >= 15 is 0 Å². The van der Waals surface area contributed by atoms with Crippen molar-refractivity contribution in [2.24, 2.45) is 0 Å². The summed E-state index contributed by atoms with van der Waals surface area (Å²) in [5, 5.41) is 19.2. The maximum atomic E-state index is 10.9. The van der Waals surface area contributed by atoms with Gasteiger partial charge in [0.05, 0.1) is 6.42 Å². The number of hydrogen-bond acceptors (Lipinski definition) is 1. The van der Waals surface area contributed by atoms with Gasteiger partial charge in [-0.1, -0.05) is 18.2 Å². The molecule has 0 amide bonds. The van der Waals surface area contributed by atoms with Crippen LogP contribution in [0.3, 0.4) is 0 Å². The first-order valence-electron chi connectivity index (χ1n) is 3.17. The molecule has 1 N–H and O–H groups in total. The lowest BCUT2D eigenvalue weighted by Gasteiger charge is -1.95. The average molecular weight is 151 g/mol. The van der Waals surface area contributed by atoms with E-state index in [9.17, 15) is 9.90 Å². The van der Waals surface area contributed by atoms with Crippen molar-refractivity contribution >= 4 is 5.97 Å². The Labute approximate surface area is 63.9 Å². The van der Waals surface area contributed by atoms with Gasteiger partial charge in [0, 0.05) is 5.56 Å². The van der Waals surface area contributed by atoms with Gasteiger partial charge in [-0.3, -0.25) is 9.90 Å². The van der Waals surface area contributed by atoms with Crippen LogP contribution in [-0.2, 0) is 16.3 Å².